The van der Waals surface area contributed by atoms with Gasteiger partial charge in [-0.05, 0) is 6.92 Å². The number of aliphatic carboxylic acids is 1. The standard InChI is InChI=1S/C10H18N2O5S/c1-6(9(14)12(3)4)18(17)5-8(10(15)16)11-7(2)13/h6,8H,5H2,1-4H3,(H,11,13)(H,15,16)/t6?,8-,18?/m0/s1. The molecule has 0 aliphatic carbocycles. The first-order chi connectivity index (χ1) is 8.16. The lowest BCUT2D eigenvalue weighted by atomic mass is 10.3. The maximum Gasteiger partial charge on any atom is 0.327 e. The zero-order chi connectivity index (χ0) is 14.5. The van der Waals surface area contributed by atoms with Gasteiger partial charge in [0.2, 0.25) is 11.8 Å². The molecule has 7 nitrogen and oxygen atoms in total. The number of carboxylic acids is 1. The number of rotatable bonds is 6. The Morgan fingerprint density at radius 2 is 1.83 bits per heavy atom. The summed E-state index contributed by atoms with van der Waals surface area (Å²) in [5.41, 5.74) is 0. The Kier molecular flexibility index (Phi) is 6.53. The zero-order valence-electron chi connectivity index (χ0n) is 10.8. The molecule has 0 saturated carbocycles. The summed E-state index contributed by atoms with van der Waals surface area (Å²) in [4.78, 5) is 34.5. The van der Waals surface area contributed by atoms with E-state index in [0.29, 0.717) is 0 Å². The Labute approximate surface area is 108 Å². The van der Waals surface area contributed by atoms with Crippen molar-refractivity contribution in [3.63, 3.8) is 0 Å². The van der Waals surface area contributed by atoms with E-state index in [2.05, 4.69) is 5.32 Å². The van der Waals surface area contributed by atoms with Crippen LogP contribution in [0, 0.1) is 0 Å². The second-order valence-electron chi connectivity index (χ2n) is 4.01. The minimum Gasteiger partial charge on any atom is -0.480 e. The van der Waals surface area contributed by atoms with Crippen molar-refractivity contribution in [2.45, 2.75) is 25.1 Å². The van der Waals surface area contributed by atoms with Gasteiger partial charge in [0.1, 0.15) is 11.3 Å². The van der Waals surface area contributed by atoms with Crippen molar-refractivity contribution >= 4 is 28.6 Å². The van der Waals surface area contributed by atoms with Gasteiger partial charge in [-0.3, -0.25) is 13.8 Å². The van der Waals surface area contributed by atoms with E-state index in [-0.39, 0.29) is 11.7 Å². The van der Waals surface area contributed by atoms with Crippen molar-refractivity contribution in [1.82, 2.24) is 10.2 Å². The molecule has 0 aromatic heterocycles. The summed E-state index contributed by atoms with van der Waals surface area (Å²) in [6.45, 7) is 2.64. The lowest BCUT2D eigenvalue weighted by molar-refractivity contribution is -0.140. The monoisotopic (exact) mass is 278 g/mol. The van der Waals surface area contributed by atoms with Gasteiger partial charge < -0.3 is 15.3 Å². The molecular formula is C10H18N2O5S. The van der Waals surface area contributed by atoms with E-state index < -0.39 is 34.0 Å². The summed E-state index contributed by atoms with van der Waals surface area (Å²) in [6.07, 6.45) is 0. The molecule has 0 aromatic rings. The van der Waals surface area contributed by atoms with Crippen molar-refractivity contribution in [3.05, 3.63) is 0 Å². The van der Waals surface area contributed by atoms with Gasteiger partial charge in [-0.25, -0.2) is 4.79 Å². The van der Waals surface area contributed by atoms with Crippen LogP contribution >= 0.6 is 0 Å². The Bertz CT molecular complexity index is 369. The van der Waals surface area contributed by atoms with Gasteiger partial charge in [0.15, 0.2) is 0 Å². The predicted octanol–water partition coefficient (Wildman–Crippen LogP) is -1.20. The Hall–Kier alpha value is -1.44. The molecule has 0 spiro atoms. The fraction of sp³-hybridized carbons (Fsp3) is 0.700. The maximum absolute atomic E-state index is 11.8. The van der Waals surface area contributed by atoms with E-state index in [1.165, 1.54) is 32.8 Å². The first-order valence-corrected chi connectivity index (χ1v) is 6.63. The van der Waals surface area contributed by atoms with E-state index >= 15 is 0 Å². The topological polar surface area (TPSA) is 104 Å². The van der Waals surface area contributed by atoms with Crippen molar-refractivity contribution in [2.75, 3.05) is 19.8 Å². The van der Waals surface area contributed by atoms with E-state index in [1.54, 1.807) is 0 Å². The van der Waals surface area contributed by atoms with Crippen molar-refractivity contribution < 1.29 is 23.7 Å². The molecule has 0 bridgehead atoms. The Morgan fingerprint density at radius 3 is 2.17 bits per heavy atom. The molecular weight excluding hydrogens is 260 g/mol. The summed E-state index contributed by atoms with van der Waals surface area (Å²) < 4.78 is 11.8. The summed E-state index contributed by atoms with van der Waals surface area (Å²) in [6, 6.07) is -1.25. The molecule has 0 fully saturated rings. The molecule has 0 saturated heterocycles. The second kappa shape index (κ2) is 7.10. The van der Waals surface area contributed by atoms with Crippen molar-refractivity contribution in [2.24, 2.45) is 0 Å². The minimum absolute atomic E-state index is 0.296. The molecule has 0 aliphatic rings. The number of amides is 2. The molecule has 18 heavy (non-hydrogen) atoms. The van der Waals surface area contributed by atoms with Crippen molar-refractivity contribution in [3.8, 4) is 0 Å². The average Bonchev–Trinajstić information content (AvgIpc) is 2.24. The molecule has 2 amide bonds. The normalized spacial score (nSPS) is 15.3. The highest BCUT2D eigenvalue weighted by Gasteiger charge is 2.27. The highest BCUT2D eigenvalue weighted by Crippen LogP contribution is 2.02. The molecule has 0 aromatic carbocycles. The molecule has 104 valence electrons. The van der Waals surface area contributed by atoms with Gasteiger partial charge in [-0.2, -0.15) is 0 Å². The fourth-order valence-corrected chi connectivity index (χ4v) is 2.48. The number of hydrogen-bond acceptors (Lipinski definition) is 4. The number of carbonyl (C=O) groups is 3. The second-order valence-corrected chi connectivity index (χ2v) is 5.82. The minimum atomic E-state index is -1.67. The van der Waals surface area contributed by atoms with Crippen LogP contribution in [-0.4, -0.2) is 63.1 Å². The van der Waals surface area contributed by atoms with Gasteiger partial charge in [0.05, 0.1) is 5.75 Å². The summed E-state index contributed by atoms with van der Waals surface area (Å²) in [5.74, 6) is -2.44. The molecule has 2 N–H and O–H groups in total. The molecule has 8 heteroatoms. The van der Waals surface area contributed by atoms with Gasteiger partial charge in [0, 0.05) is 31.8 Å². The van der Waals surface area contributed by atoms with Gasteiger partial charge in [-0.15, -0.1) is 0 Å². The Morgan fingerprint density at radius 1 is 1.33 bits per heavy atom. The number of carboxylic acid groups (broad SMARTS) is 1. The largest absolute Gasteiger partial charge is 0.480 e. The molecule has 3 atom stereocenters. The van der Waals surface area contributed by atoms with Crippen LogP contribution in [0.4, 0.5) is 0 Å². The smallest absolute Gasteiger partial charge is 0.327 e. The van der Waals surface area contributed by atoms with Crippen LogP contribution in [0.2, 0.25) is 0 Å². The van der Waals surface area contributed by atoms with E-state index in [4.69, 9.17) is 5.11 Å². The fourth-order valence-electron chi connectivity index (χ4n) is 1.20. The SMILES string of the molecule is CC(=O)N[C@@H](CS(=O)C(C)C(=O)N(C)C)C(=O)O. The number of nitrogens with zero attached hydrogens (tertiary/aromatic N) is 1. The predicted molar refractivity (Wildman–Crippen MR) is 66.4 cm³/mol. The van der Waals surface area contributed by atoms with Gasteiger partial charge >= 0.3 is 5.97 Å². The van der Waals surface area contributed by atoms with E-state index in [0.717, 1.165) is 0 Å². The highest BCUT2D eigenvalue weighted by molar-refractivity contribution is 7.86. The zero-order valence-corrected chi connectivity index (χ0v) is 11.6. The van der Waals surface area contributed by atoms with Crippen LogP contribution in [0.25, 0.3) is 0 Å². The molecule has 2 unspecified atom stereocenters. The summed E-state index contributed by atoms with van der Waals surface area (Å²) in [5, 5.41) is 10.2. The highest BCUT2D eigenvalue weighted by atomic mass is 32.2. The Balaban J connectivity index is 4.65. The maximum atomic E-state index is 11.8. The lowest BCUT2D eigenvalue weighted by Crippen LogP contribution is -2.46. The number of nitrogens with one attached hydrogen (secondary N) is 1. The molecule has 0 heterocycles. The van der Waals surface area contributed by atoms with Crippen LogP contribution in [-0.2, 0) is 25.2 Å². The van der Waals surface area contributed by atoms with Crippen LogP contribution in [0.1, 0.15) is 13.8 Å². The van der Waals surface area contributed by atoms with Crippen LogP contribution < -0.4 is 5.32 Å². The lowest BCUT2D eigenvalue weighted by Gasteiger charge is -2.18. The number of hydrogen-bond donors (Lipinski definition) is 2. The third-order valence-corrected chi connectivity index (χ3v) is 3.84. The van der Waals surface area contributed by atoms with Crippen LogP contribution in [0.5, 0.6) is 0 Å². The quantitative estimate of drug-likeness (QED) is 0.635. The van der Waals surface area contributed by atoms with Gasteiger partial charge in [0.25, 0.3) is 0 Å². The molecule has 0 rings (SSSR count). The van der Waals surface area contributed by atoms with E-state index in [1.807, 2.05) is 0 Å². The third kappa shape index (κ3) is 5.26. The third-order valence-electron chi connectivity index (χ3n) is 2.19. The van der Waals surface area contributed by atoms with Crippen LogP contribution in [0.15, 0.2) is 0 Å². The van der Waals surface area contributed by atoms with Crippen molar-refractivity contribution in [1.29, 1.82) is 0 Å². The van der Waals surface area contributed by atoms with E-state index in [9.17, 15) is 18.6 Å². The first kappa shape index (κ1) is 16.6. The van der Waals surface area contributed by atoms with Crippen LogP contribution in [0.3, 0.4) is 0 Å². The molecule has 0 aliphatic heterocycles. The summed E-state index contributed by atoms with van der Waals surface area (Å²) >= 11 is 0. The average molecular weight is 278 g/mol. The first-order valence-electron chi connectivity index (χ1n) is 5.25. The number of carbonyl (C=O) groups excluding carboxylic acids is 2. The van der Waals surface area contributed by atoms with Gasteiger partial charge in [-0.1, -0.05) is 0 Å². The molecule has 0 radical (unpaired) electrons. The summed E-state index contributed by atoms with van der Waals surface area (Å²) in [7, 11) is 1.38.